The van der Waals surface area contributed by atoms with Gasteiger partial charge >= 0.3 is 6.09 Å². The molecule has 0 radical (unpaired) electrons. The molecule has 2 aliphatic heterocycles. The summed E-state index contributed by atoms with van der Waals surface area (Å²) in [4.78, 5) is 45.7. The Labute approximate surface area is 238 Å². The minimum atomic E-state index is -1.27. The molecule has 3 amide bonds. The number of hydrogen-bond donors (Lipinski definition) is 3. The van der Waals surface area contributed by atoms with E-state index in [9.17, 15) is 19.5 Å². The van der Waals surface area contributed by atoms with E-state index in [2.05, 4.69) is 28.6 Å². The molecule has 0 bridgehead atoms. The molecule has 2 saturated heterocycles. The summed E-state index contributed by atoms with van der Waals surface area (Å²) >= 11 is 0. The lowest BCUT2D eigenvalue weighted by Crippen LogP contribution is -2.68. The fourth-order valence-corrected chi connectivity index (χ4v) is 5.91. The van der Waals surface area contributed by atoms with Crippen LogP contribution in [-0.2, 0) is 19.1 Å². The summed E-state index contributed by atoms with van der Waals surface area (Å²) in [5.74, 6) is 4.93. The smallest absolute Gasteiger partial charge is 0.410 e. The van der Waals surface area contributed by atoms with Crippen molar-refractivity contribution in [2.24, 2.45) is 11.7 Å². The Kier molecular flexibility index (Phi) is 12.7. The van der Waals surface area contributed by atoms with Crippen LogP contribution in [0.2, 0.25) is 0 Å². The van der Waals surface area contributed by atoms with E-state index in [1.54, 1.807) is 6.92 Å². The zero-order valence-corrected chi connectivity index (χ0v) is 23.9. The summed E-state index contributed by atoms with van der Waals surface area (Å²) in [6, 6.07) is -1.17. The van der Waals surface area contributed by atoms with Gasteiger partial charge in [-0.05, 0) is 38.5 Å². The van der Waals surface area contributed by atoms with Crippen molar-refractivity contribution >= 4 is 17.9 Å². The predicted octanol–water partition coefficient (Wildman–Crippen LogP) is 0.712. The molecule has 11 nitrogen and oxygen atoms in total. The van der Waals surface area contributed by atoms with Crippen molar-refractivity contribution in [1.82, 2.24) is 20.0 Å². The molecule has 4 N–H and O–H groups in total. The van der Waals surface area contributed by atoms with Crippen LogP contribution in [0.25, 0.3) is 0 Å². The zero-order chi connectivity index (χ0) is 29.0. The molecular weight excluding hydrogens is 514 g/mol. The van der Waals surface area contributed by atoms with Crippen LogP contribution in [0, 0.1) is 17.8 Å². The maximum Gasteiger partial charge on any atom is 0.410 e. The van der Waals surface area contributed by atoms with Gasteiger partial charge in [0.25, 0.3) is 0 Å². The number of ether oxygens (including phenoxy) is 2. The third kappa shape index (κ3) is 8.19. The molecule has 0 aromatic heterocycles. The Morgan fingerprint density at radius 1 is 1.20 bits per heavy atom. The number of carbonyl (C=O) groups excluding carboxylic acids is 3. The minimum Gasteiger partial charge on any atom is -0.445 e. The topological polar surface area (TPSA) is 138 Å². The van der Waals surface area contributed by atoms with Crippen LogP contribution in [-0.4, -0.2) is 121 Å². The highest BCUT2D eigenvalue weighted by Gasteiger charge is 2.50. The summed E-state index contributed by atoms with van der Waals surface area (Å²) in [5, 5.41) is 14.1. The lowest BCUT2D eigenvalue weighted by Gasteiger charge is -2.47. The molecule has 40 heavy (non-hydrogen) atoms. The Balaban J connectivity index is 1.81. The van der Waals surface area contributed by atoms with Gasteiger partial charge in [-0.2, -0.15) is 0 Å². The van der Waals surface area contributed by atoms with E-state index >= 15 is 0 Å². The molecule has 3 rings (SSSR count). The van der Waals surface area contributed by atoms with Gasteiger partial charge in [-0.1, -0.05) is 37.8 Å². The monoisotopic (exact) mass is 561 g/mol. The van der Waals surface area contributed by atoms with Crippen LogP contribution in [0.1, 0.15) is 51.9 Å². The van der Waals surface area contributed by atoms with Gasteiger partial charge in [0.15, 0.2) is 0 Å². The minimum absolute atomic E-state index is 0.00177. The second-order valence-corrected chi connectivity index (χ2v) is 10.9. The first-order valence-electron chi connectivity index (χ1n) is 14.6. The zero-order valence-electron chi connectivity index (χ0n) is 23.9. The Morgan fingerprint density at radius 2 is 1.88 bits per heavy atom. The highest BCUT2D eigenvalue weighted by molar-refractivity contribution is 5.94. The number of morpholine rings is 1. The van der Waals surface area contributed by atoms with E-state index in [4.69, 9.17) is 15.2 Å². The molecule has 0 aromatic carbocycles. The molecule has 2 atom stereocenters. The van der Waals surface area contributed by atoms with E-state index < -0.39 is 29.7 Å². The van der Waals surface area contributed by atoms with E-state index in [1.807, 2.05) is 0 Å². The maximum absolute atomic E-state index is 14.0. The molecule has 0 spiro atoms. The molecule has 224 valence electrons. The number of likely N-dealkylation sites (tertiary alicyclic amines) is 1. The van der Waals surface area contributed by atoms with Crippen molar-refractivity contribution in [3.63, 3.8) is 0 Å². The van der Waals surface area contributed by atoms with Gasteiger partial charge in [0.2, 0.25) is 11.8 Å². The first-order chi connectivity index (χ1) is 19.3. The standard InChI is InChI=1S/C29H47N5O6/c1-3-5-14-34(26(36)24(30)25(35)23-9-7-6-8-10-23)29(11-15-33(16-12-29)28(38)40-20-4-2)27(37)31-13-17-32-18-21-39-22-19-32/h4,23-25,35H,2,6-22,30H2,1H3,(H,31,37). The number of aliphatic hydroxyl groups excluding tert-OH is 1. The number of hydrogen-bond acceptors (Lipinski definition) is 8. The fourth-order valence-electron chi connectivity index (χ4n) is 5.91. The highest BCUT2D eigenvalue weighted by atomic mass is 16.6. The van der Waals surface area contributed by atoms with Crippen LogP contribution in [0.5, 0.6) is 0 Å². The van der Waals surface area contributed by atoms with Gasteiger partial charge in [-0.15, -0.1) is 5.92 Å². The molecule has 1 aliphatic carbocycles. The van der Waals surface area contributed by atoms with Gasteiger partial charge in [0, 0.05) is 39.3 Å². The van der Waals surface area contributed by atoms with Crippen LogP contribution >= 0.6 is 0 Å². The number of nitrogens with two attached hydrogens (primary N) is 1. The first kappa shape index (κ1) is 31.9. The van der Waals surface area contributed by atoms with E-state index in [-0.39, 0.29) is 50.9 Å². The maximum atomic E-state index is 14.0. The van der Waals surface area contributed by atoms with Crippen LogP contribution < -0.4 is 11.1 Å². The van der Waals surface area contributed by atoms with E-state index in [0.717, 1.165) is 45.2 Å². The summed E-state index contributed by atoms with van der Waals surface area (Å²) in [7, 11) is 0. The molecule has 3 fully saturated rings. The number of carbonyl (C=O) groups is 3. The van der Waals surface area contributed by atoms with Gasteiger partial charge < -0.3 is 35.4 Å². The van der Waals surface area contributed by atoms with Gasteiger partial charge in [0.1, 0.15) is 18.2 Å². The molecule has 2 unspecified atom stereocenters. The summed E-state index contributed by atoms with van der Waals surface area (Å²) in [6.07, 6.45) is 5.17. The Morgan fingerprint density at radius 3 is 2.50 bits per heavy atom. The molecule has 3 aliphatic rings. The Hall–Kier alpha value is -2.65. The van der Waals surface area contributed by atoms with Gasteiger partial charge in [0.05, 0.1) is 25.9 Å². The highest BCUT2D eigenvalue weighted by Crippen LogP contribution is 2.33. The van der Waals surface area contributed by atoms with Crippen molar-refractivity contribution < 1.29 is 29.0 Å². The third-order valence-corrected chi connectivity index (χ3v) is 8.40. The fraction of sp³-hybridized carbons (Fsp3) is 0.759. The molecule has 1 saturated carbocycles. The average Bonchev–Trinajstić information content (AvgIpc) is 3.00. The molecular formula is C29H47N5O6. The number of aliphatic hydroxyl groups is 1. The second-order valence-electron chi connectivity index (χ2n) is 10.9. The third-order valence-electron chi connectivity index (χ3n) is 8.40. The van der Waals surface area contributed by atoms with Gasteiger partial charge in [-0.25, -0.2) is 4.79 Å². The first-order valence-corrected chi connectivity index (χ1v) is 14.6. The van der Waals surface area contributed by atoms with E-state index in [0.29, 0.717) is 26.3 Å². The van der Waals surface area contributed by atoms with Crippen molar-refractivity contribution in [3.05, 3.63) is 12.7 Å². The van der Waals surface area contributed by atoms with Crippen LogP contribution in [0.3, 0.4) is 0 Å². The molecule has 2 heterocycles. The predicted molar refractivity (Wildman–Crippen MR) is 151 cm³/mol. The lowest BCUT2D eigenvalue weighted by atomic mass is 9.80. The molecule has 11 heteroatoms. The number of piperidine rings is 1. The van der Waals surface area contributed by atoms with Crippen molar-refractivity contribution in [2.45, 2.75) is 69.6 Å². The van der Waals surface area contributed by atoms with Crippen LogP contribution in [0.15, 0.2) is 12.7 Å². The summed E-state index contributed by atoms with van der Waals surface area (Å²) in [6.45, 7) is 9.76. The average molecular weight is 562 g/mol. The summed E-state index contributed by atoms with van der Waals surface area (Å²) in [5.41, 5.74) is 5.15. The van der Waals surface area contributed by atoms with Crippen molar-refractivity contribution in [3.8, 4) is 11.8 Å². The quantitative estimate of drug-likeness (QED) is 0.248. The SMILES string of the molecule is C=CCOC(=O)N1CCC(C(=O)NCCN2CCOCC2)(N(CC#CC)C(=O)C(N)C(O)C2CCCCC2)CC1. The largest absolute Gasteiger partial charge is 0.445 e. The number of rotatable bonds is 11. The molecule has 0 aromatic rings. The van der Waals surface area contributed by atoms with Gasteiger partial charge in [-0.3, -0.25) is 14.5 Å². The number of nitrogens with zero attached hydrogens (tertiary/aromatic N) is 3. The lowest BCUT2D eigenvalue weighted by molar-refractivity contribution is -0.153. The van der Waals surface area contributed by atoms with Crippen molar-refractivity contribution in [2.75, 3.05) is 65.6 Å². The second kappa shape index (κ2) is 16.0. The van der Waals surface area contributed by atoms with Crippen LogP contribution in [0.4, 0.5) is 4.79 Å². The number of nitrogens with one attached hydrogen (secondary N) is 1. The van der Waals surface area contributed by atoms with Crippen molar-refractivity contribution in [1.29, 1.82) is 0 Å². The Bertz CT molecular complexity index is 914. The number of amides is 3. The normalized spacial score (nSPS) is 21.3. The van der Waals surface area contributed by atoms with E-state index in [1.165, 1.54) is 15.9 Å². The summed E-state index contributed by atoms with van der Waals surface area (Å²) < 4.78 is 10.6.